The SMILES string of the molecule is CCNC(=O)C(=O)N1CCC(NS(=O)(=O)c2cn(C)c(C(=O)Nc3ccc(F)c(F)c3)c2F)C(C)C1. The molecule has 196 valence electrons. The summed E-state index contributed by atoms with van der Waals surface area (Å²) in [6, 6.07) is 1.90. The smallest absolute Gasteiger partial charge is 0.311 e. The molecule has 0 spiro atoms. The molecule has 1 saturated heterocycles. The van der Waals surface area contributed by atoms with Crippen LogP contribution in [-0.2, 0) is 26.7 Å². The Bertz CT molecular complexity index is 1300. The summed E-state index contributed by atoms with van der Waals surface area (Å²) in [5.41, 5.74) is -0.778. The number of likely N-dealkylation sites (N-methyl/N-ethyl adjacent to an activating group) is 1. The maximum absolute atomic E-state index is 15.1. The van der Waals surface area contributed by atoms with Crippen LogP contribution >= 0.6 is 0 Å². The largest absolute Gasteiger partial charge is 0.348 e. The van der Waals surface area contributed by atoms with Crippen molar-refractivity contribution in [3.63, 3.8) is 0 Å². The minimum atomic E-state index is -4.42. The lowest BCUT2D eigenvalue weighted by molar-refractivity contribution is -0.147. The number of hydrogen-bond acceptors (Lipinski definition) is 5. The van der Waals surface area contributed by atoms with E-state index in [1.165, 1.54) is 11.9 Å². The highest BCUT2D eigenvalue weighted by Crippen LogP contribution is 2.24. The minimum Gasteiger partial charge on any atom is -0.348 e. The Morgan fingerprint density at radius 1 is 1.14 bits per heavy atom. The van der Waals surface area contributed by atoms with Crippen molar-refractivity contribution in [3.05, 3.63) is 47.5 Å². The quantitative estimate of drug-likeness (QED) is 0.487. The number of piperidine rings is 1. The van der Waals surface area contributed by atoms with Gasteiger partial charge in [0.1, 0.15) is 10.6 Å². The van der Waals surface area contributed by atoms with Crippen molar-refractivity contribution >= 4 is 33.4 Å². The number of benzene rings is 1. The van der Waals surface area contributed by atoms with Crippen LogP contribution in [0.1, 0.15) is 30.8 Å². The first-order valence-corrected chi connectivity index (χ1v) is 12.5. The number of carbonyl (C=O) groups excluding carboxylic acids is 3. The summed E-state index contributed by atoms with van der Waals surface area (Å²) in [6.45, 7) is 3.89. The molecule has 0 radical (unpaired) electrons. The van der Waals surface area contributed by atoms with Gasteiger partial charge in [0.25, 0.3) is 5.91 Å². The molecule has 3 N–H and O–H groups in total. The van der Waals surface area contributed by atoms with Crippen LogP contribution in [0.2, 0.25) is 0 Å². The number of aromatic nitrogens is 1. The summed E-state index contributed by atoms with van der Waals surface area (Å²) in [7, 11) is -3.16. The van der Waals surface area contributed by atoms with Gasteiger partial charge in [0.2, 0.25) is 10.0 Å². The second-order valence-electron chi connectivity index (χ2n) is 8.45. The molecule has 3 rings (SSSR count). The molecule has 2 aromatic rings. The molecule has 1 fully saturated rings. The number of nitrogens with zero attached hydrogens (tertiary/aromatic N) is 2. The van der Waals surface area contributed by atoms with Crippen molar-refractivity contribution in [1.82, 2.24) is 19.5 Å². The molecule has 2 unspecified atom stereocenters. The Balaban J connectivity index is 1.74. The lowest BCUT2D eigenvalue weighted by Crippen LogP contribution is -2.54. The van der Waals surface area contributed by atoms with Gasteiger partial charge in [0.05, 0.1) is 0 Å². The van der Waals surface area contributed by atoms with Crippen LogP contribution in [0.3, 0.4) is 0 Å². The van der Waals surface area contributed by atoms with E-state index in [0.717, 1.165) is 22.9 Å². The molecule has 36 heavy (non-hydrogen) atoms. The normalized spacial score (nSPS) is 18.1. The summed E-state index contributed by atoms with van der Waals surface area (Å²) in [5.74, 6) is -6.59. The summed E-state index contributed by atoms with van der Waals surface area (Å²) >= 11 is 0. The highest BCUT2D eigenvalue weighted by atomic mass is 32.2. The van der Waals surface area contributed by atoms with Crippen LogP contribution in [-0.4, -0.2) is 61.3 Å². The minimum absolute atomic E-state index is 0.113. The summed E-state index contributed by atoms with van der Waals surface area (Å²) < 4.78 is 71.0. The van der Waals surface area contributed by atoms with Crippen molar-refractivity contribution in [2.45, 2.75) is 31.2 Å². The fraction of sp³-hybridized carbons (Fsp3) is 0.409. The molecule has 2 heterocycles. The Kier molecular flexibility index (Phi) is 8.09. The van der Waals surface area contributed by atoms with Crippen molar-refractivity contribution < 1.29 is 36.0 Å². The highest BCUT2D eigenvalue weighted by molar-refractivity contribution is 7.89. The van der Waals surface area contributed by atoms with Crippen LogP contribution < -0.4 is 15.4 Å². The second-order valence-corrected chi connectivity index (χ2v) is 10.1. The molecule has 14 heteroatoms. The maximum Gasteiger partial charge on any atom is 0.311 e. The van der Waals surface area contributed by atoms with E-state index in [4.69, 9.17) is 0 Å². The molecule has 1 aliphatic rings. The van der Waals surface area contributed by atoms with Gasteiger partial charge < -0.3 is 20.1 Å². The first kappa shape index (κ1) is 27.2. The fourth-order valence-electron chi connectivity index (χ4n) is 3.93. The van der Waals surface area contributed by atoms with Gasteiger partial charge in [-0.15, -0.1) is 0 Å². The number of sulfonamides is 1. The Morgan fingerprint density at radius 3 is 2.44 bits per heavy atom. The monoisotopic (exact) mass is 529 g/mol. The molecule has 1 aliphatic heterocycles. The number of hydrogen-bond donors (Lipinski definition) is 3. The molecule has 1 aromatic carbocycles. The Hall–Kier alpha value is -3.39. The number of nitrogens with one attached hydrogen (secondary N) is 3. The third kappa shape index (κ3) is 5.70. The molecule has 1 aromatic heterocycles. The molecule has 0 saturated carbocycles. The topological polar surface area (TPSA) is 130 Å². The zero-order valence-corrected chi connectivity index (χ0v) is 20.6. The van der Waals surface area contributed by atoms with E-state index in [0.29, 0.717) is 12.6 Å². The summed E-state index contributed by atoms with van der Waals surface area (Å²) in [6.07, 6.45) is 1.11. The molecule has 0 aliphatic carbocycles. The molecule has 2 atom stereocenters. The molecule has 10 nitrogen and oxygen atoms in total. The van der Waals surface area contributed by atoms with Gasteiger partial charge in [-0.2, -0.15) is 0 Å². The van der Waals surface area contributed by atoms with Crippen molar-refractivity contribution in [3.8, 4) is 0 Å². The van der Waals surface area contributed by atoms with E-state index < -0.39 is 67.7 Å². The molecule has 3 amide bonds. The molecular weight excluding hydrogens is 503 g/mol. The van der Waals surface area contributed by atoms with E-state index in [-0.39, 0.29) is 25.2 Å². The van der Waals surface area contributed by atoms with E-state index in [9.17, 15) is 31.6 Å². The molecular formula is C22H26F3N5O5S. The number of likely N-dealkylation sites (tertiary alicyclic amines) is 1. The first-order valence-electron chi connectivity index (χ1n) is 11.1. The predicted octanol–water partition coefficient (Wildman–Crippen LogP) is 1.35. The zero-order valence-electron chi connectivity index (χ0n) is 19.8. The number of rotatable bonds is 6. The Labute approximate surface area is 205 Å². The second kappa shape index (κ2) is 10.7. The van der Waals surface area contributed by atoms with Gasteiger partial charge in [-0.1, -0.05) is 6.92 Å². The van der Waals surface area contributed by atoms with Crippen molar-refractivity contribution in [1.29, 1.82) is 0 Å². The average Bonchev–Trinajstić information content (AvgIpc) is 3.12. The van der Waals surface area contributed by atoms with Crippen molar-refractivity contribution in [2.24, 2.45) is 13.0 Å². The third-order valence-electron chi connectivity index (χ3n) is 5.80. The Morgan fingerprint density at radius 2 is 1.83 bits per heavy atom. The van der Waals surface area contributed by atoms with E-state index in [2.05, 4.69) is 15.4 Å². The molecule has 0 bridgehead atoms. The van der Waals surface area contributed by atoms with Crippen LogP contribution in [0.15, 0.2) is 29.3 Å². The summed E-state index contributed by atoms with van der Waals surface area (Å²) in [5, 5.41) is 4.62. The number of anilines is 1. The number of carbonyl (C=O) groups is 3. The van der Waals surface area contributed by atoms with E-state index in [1.54, 1.807) is 13.8 Å². The van der Waals surface area contributed by atoms with Crippen LogP contribution in [0.5, 0.6) is 0 Å². The van der Waals surface area contributed by atoms with E-state index >= 15 is 4.39 Å². The summed E-state index contributed by atoms with van der Waals surface area (Å²) in [4.78, 5) is 37.1. The predicted molar refractivity (Wildman–Crippen MR) is 123 cm³/mol. The van der Waals surface area contributed by atoms with Crippen LogP contribution in [0.25, 0.3) is 0 Å². The number of aryl methyl sites for hydroxylation is 1. The van der Waals surface area contributed by atoms with Gasteiger partial charge in [0.15, 0.2) is 17.5 Å². The van der Waals surface area contributed by atoms with Crippen LogP contribution in [0.4, 0.5) is 18.9 Å². The van der Waals surface area contributed by atoms with E-state index in [1.807, 2.05) is 0 Å². The standard InChI is InChI=1S/C22H26F3N5O5S/c1-4-26-21(32)22(33)30-8-7-16(12(2)10-30)28-36(34,35)17-11-29(3)19(18(17)25)20(31)27-13-5-6-14(23)15(24)9-13/h5-6,9,11-12,16,28H,4,7-8,10H2,1-3H3,(H,26,32)(H,27,31). The lowest BCUT2D eigenvalue weighted by Gasteiger charge is -2.36. The van der Waals surface area contributed by atoms with Gasteiger partial charge in [0, 0.05) is 50.7 Å². The average molecular weight is 530 g/mol. The van der Waals surface area contributed by atoms with Gasteiger partial charge in [-0.25, -0.2) is 26.3 Å². The fourth-order valence-corrected chi connectivity index (χ4v) is 5.43. The number of halogens is 3. The lowest BCUT2D eigenvalue weighted by atomic mass is 9.95. The maximum atomic E-state index is 15.1. The van der Waals surface area contributed by atoms with Gasteiger partial charge >= 0.3 is 11.8 Å². The van der Waals surface area contributed by atoms with Gasteiger partial charge in [-0.3, -0.25) is 14.4 Å². The van der Waals surface area contributed by atoms with Gasteiger partial charge in [-0.05, 0) is 31.4 Å². The highest BCUT2D eigenvalue weighted by Gasteiger charge is 2.36. The number of amides is 3. The zero-order chi connectivity index (χ0) is 26.8. The first-order chi connectivity index (χ1) is 16.9. The van der Waals surface area contributed by atoms with Crippen LogP contribution in [0, 0.1) is 23.4 Å². The van der Waals surface area contributed by atoms with Crippen molar-refractivity contribution in [2.75, 3.05) is 25.0 Å². The third-order valence-corrected chi connectivity index (χ3v) is 7.28.